The Balaban J connectivity index is 2.00. The van der Waals surface area contributed by atoms with Crippen LogP contribution in [0, 0.1) is 0 Å². The predicted molar refractivity (Wildman–Crippen MR) is 77.9 cm³/mol. The maximum atomic E-state index is 11.2. The van der Waals surface area contributed by atoms with Crippen LogP contribution in [-0.4, -0.2) is 29.9 Å². The van der Waals surface area contributed by atoms with Gasteiger partial charge in [-0.1, -0.05) is 24.3 Å². The molecule has 0 amide bonds. The summed E-state index contributed by atoms with van der Waals surface area (Å²) in [4.78, 5) is 15.6. The van der Waals surface area contributed by atoms with Gasteiger partial charge in [0, 0.05) is 23.1 Å². The smallest absolute Gasteiger partial charge is 0.323 e. The molecule has 0 aliphatic heterocycles. The number of carbonyl (C=O) groups excluding carboxylic acids is 1. The molecule has 1 unspecified atom stereocenters. The molecule has 1 heterocycles. The fourth-order valence-electron chi connectivity index (χ4n) is 1.80. The second kappa shape index (κ2) is 6.54. The highest BCUT2D eigenvalue weighted by Crippen LogP contribution is 2.21. The second-order valence-electron chi connectivity index (χ2n) is 4.14. The molecule has 2 rings (SSSR count). The Hall–Kier alpha value is -1.59. The first-order valence-corrected chi connectivity index (χ1v) is 7.11. The summed E-state index contributed by atoms with van der Waals surface area (Å²) < 4.78 is 4.60. The zero-order valence-corrected chi connectivity index (χ0v) is 11.5. The number of methoxy groups -OCH3 is 1. The van der Waals surface area contributed by atoms with Crippen molar-refractivity contribution in [2.45, 2.75) is 11.8 Å². The van der Waals surface area contributed by atoms with E-state index >= 15 is 0 Å². The molecule has 2 N–H and O–H groups in total. The molecule has 2 aromatic rings. The zero-order chi connectivity index (χ0) is 13.7. The molecule has 0 fully saturated rings. The Bertz CT molecular complexity index is 569. The molecular formula is C14H16N2O2S. The number of fused-ring (bicyclic) bond motifs is 1. The van der Waals surface area contributed by atoms with Crippen LogP contribution in [0.5, 0.6) is 0 Å². The predicted octanol–water partition coefficient (Wildman–Crippen LogP) is 1.97. The monoisotopic (exact) mass is 276 g/mol. The number of ether oxygens (including phenoxy) is 1. The van der Waals surface area contributed by atoms with E-state index in [0.29, 0.717) is 5.75 Å². The number of pyridine rings is 1. The van der Waals surface area contributed by atoms with Crippen LogP contribution in [0.25, 0.3) is 10.9 Å². The molecular weight excluding hydrogens is 260 g/mol. The lowest BCUT2D eigenvalue weighted by molar-refractivity contribution is -0.141. The van der Waals surface area contributed by atoms with Gasteiger partial charge in [-0.3, -0.25) is 9.78 Å². The lowest BCUT2D eigenvalue weighted by atomic mass is 10.1. The number of para-hydroxylation sites is 1. The summed E-state index contributed by atoms with van der Waals surface area (Å²) in [5, 5.41) is 1.12. The van der Waals surface area contributed by atoms with Gasteiger partial charge in [-0.25, -0.2) is 0 Å². The van der Waals surface area contributed by atoms with Crippen LogP contribution < -0.4 is 5.73 Å². The summed E-state index contributed by atoms with van der Waals surface area (Å²) in [7, 11) is 1.35. The number of rotatable bonds is 5. The summed E-state index contributed by atoms with van der Waals surface area (Å²) >= 11 is 1.61. The molecule has 100 valence electrons. The third-order valence-electron chi connectivity index (χ3n) is 2.78. The third-order valence-corrected chi connectivity index (χ3v) is 3.89. The number of benzene rings is 1. The van der Waals surface area contributed by atoms with Gasteiger partial charge in [-0.15, -0.1) is 0 Å². The molecule has 4 nitrogen and oxygen atoms in total. The molecule has 0 saturated carbocycles. The normalized spacial score (nSPS) is 12.3. The molecule has 0 bridgehead atoms. The number of nitrogens with two attached hydrogens (primary N) is 1. The van der Waals surface area contributed by atoms with Gasteiger partial charge < -0.3 is 10.5 Å². The Morgan fingerprint density at radius 1 is 1.42 bits per heavy atom. The number of carbonyl (C=O) groups is 1. The molecule has 0 radical (unpaired) electrons. The molecule has 0 aliphatic carbocycles. The van der Waals surface area contributed by atoms with Crippen molar-refractivity contribution in [2.24, 2.45) is 5.73 Å². The first-order chi connectivity index (χ1) is 9.22. The van der Waals surface area contributed by atoms with E-state index in [0.717, 1.165) is 22.2 Å². The van der Waals surface area contributed by atoms with E-state index in [2.05, 4.69) is 9.72 Å². The number of hydrogen-bond donors (Lipinski definition) is 1. The fraction of sp³-hybridized carbons (Fsp3) is 0.286. The third kappa shape index (κ3) is 3.45. The Labute approximate surface area is 116 Å². The van der Waals surface area contributed by atoms with E-state index in [1.54, 1.807) is 18.0 Å². The van der Waals surface area contributed by atoms with Crippen molar-refractivity contribution in [3.05, 3.63) is 42.1 Å². The highest BCUT2D eigenvalue weighted by molar-refractivity contribution is 7.98. The summed E-state index contributed by atoms with van der Waals surface area (Å²) in [6, 6.07) is 9.49. The number of hydrogen-bond acceptors (Lipinski definition) is 5. The van der Waals surface area contributed by atoms with Gasteiger partial charge in [-0.05, 0) is 11.6 Å². The van der Waals surface area contributed by atoms with E-state index < -0.39 is 6.04 Å². The average Bonchev–Trinajstić information content (AvgIpc) is 2.46. The summed E-state index contributed by atoms with van der Waals surface area (Å²) in [6.45, 7) is 0. The van der Waals surface area contributed by atoms with Gasteiger partial charge in [-0.2, -0.15) is 11.8 Å². The SMILES string of the molecule is COC(=O)C(N)CSCc1cccc2cccnc12. The van der Waals surface area contributed by atoms with Crippen molar-refractivity contribution in [3.63, 3.8) is 0 Å². The lowest BCUT2D eigenvalue weighted by Gasteiger charge is -2.09. The quantitative estimate of drug-likeness (QED) is 0.846. The molecule has 1 atom stereocenters. The van der Waals surface area contributed by atoms with Crippen LogP contribution >= 0.6 is 11.8 Å². The minimum Gasteiger partial charge on any atom is -0.468 e. The van der Waals surface area contributed by atoms with Crippen molar-refractivity contribution >= 4 is 28.6 Å². The topological polar surface area (TPSA) is 65.2 Å². The van der Waals surface area contributed by atoms with Crippen molar-refractivity contribution in [1.29, 1.82) is 0 Å². The first-order valence-electron chi connectivity index (χ1n) is 5.96. The Morgan fingerprint density at radius 3 is 3.00 bits per heavy atom. The fourth-order valence-corrected chi connectivity index (χ4v) is 2.76. The van der Waals surface area contributed by atoms with Crippen molar-refractivity contribution < 1.29 is 9.53 Å². The highest BCUT2D eigenvalue weighted by Gasteiger charge is 2.13. The van der Waals surface area contributed by atoms with Crippen molar-refractivity contribution in [1.82, 2.24) is 4.98 Å². The van der Waals surface area contributed by atoms with Crippen LogP contribution in [0.2, 0.25) is 0 Å². The summed E-state index contributed by atoms with van der Waals surface area (Å²) in [5.74, 6) is 0.943. The van der Waals surface area contributed by atoms with Crippen LogP contribution in [0.4, 0.5) is 0 Å². The van der Waals surface area contributed by atoms with Crippen molar-refractivity contribution in [3.8, 4) is 0 Å². The van der Waals surface area contributed by atoms with Crippen LogP contribution in [0.15, 0.2) is 36.5 Å². The van der Waals surface area contributed by atoms with E-state index in [1.807, 2.05) is 30.3 Å². The van der Waals surface area contributed by atoms with Gasteiger partial charge in [0.15, 0.2) is 0 Å². The van der Waals surface area contributed by atoms with Gasteiger partial charge in [0.05, 0.1) is 12.6 Å². The molecule has 5 heteroatoms. The number of esters is 1. The first kappa shape index (κ1) is 13.8. The van der Waals surface area contributed by atoms with Gasteiger partial charge in [0.1, 0.15) is 6.04 Å². The maximum Gasteiger partial charge on any atom is 0.323 e. The number of nitrogens with zero attached hydrogens (tertiary/aromatic N) is 1. The Morgan fingerprint density at radius 2 is 2.21 bits per heavy atom. The van der Waals surface area contributed by atoms with Crippen LogP contribution in [0.3, 0.4) is 0 Å². The van der Waals surface area contributed by atoms with Gasteiger partial charge >= 0.3 is 5.97 Å². The number of thioether (sulfide) groups is 1. The van der Waals surface area contributed by atoms with Crippen LogP contribution in [0.1, 0.15) is 5.56 Å². The highest BCUT2D eigenvalue weighted by atomic mass is 32.2. The van der Waals surface area contributed by atoms with Gasteiger partial charge in [0.2, 0.25) is 0 Å². The molecule has 1 aromatic carbocycles. The largest absolute Gasteiger partial charge is 0.468 e. The van der Waals surface area contributed by atoms with E-state index in [-0.39, 0.29) is 5.97 Å². The van der Waals surface area contributed by atoms with E-state index in [4.69, 9.17) is 5.73 Å². The molecule has 0 saturated heterocycles. The maximum absolute atomic E-state index is 11.2. The van der Waals surface area contributed by atoms with Crippen LogP contribution in [-0.2, 0) is 15.3 Å². The minimum absolute atomic E-state index is 0.372. The van der Waals surface area contributed by atoms with E-state index in [9.17, 15) is 4.79 Å². The average molecular weight is 276 g/mol. The standard InChI is InChI=1S/C14H16N2O2S/c1-18-14(17)12(15)9-19-8-11-5-2-4-10-6-3-7-16-13(10)11/h2-7,12H,8-9,15H2,1H3. The Kier molecular flexibility index (Phi) is 4.76. The molecule has 0 aliphatic rings. The summed E-state index contributed by atoms with van der Waals surface area (Å²) in [6.07, 6.45) is 1.79. The molecule has 1 aromatic heterocycles. The van der Waals surface area contributed by atoms with Crippen molar-refractivity contribution in [2.75, 3.05) is 12.9 Å². The second-order valence-corrected chi connectivity index (χ2v) is 5.17. The minimum atomic E-state index is -0.571. The van der Waals surface area contributed by atoms with Gasteiger partial charge in [0.25, 0.3) is 0 Å². The summed E-state index contributed by atoms with van der Waals surface area (Å²) in [5.41, 5.74) is 7.85. The molecule has 0 spiro atoms. The lowest BCUT2D eigenvalue weighted by Crippen LogP contribution is -2.33. The molecule has 19 heavy (non-hydrogen) atoms. The zero-order valence-electron chi connectivity index (χ0n) is 10.7. The number of aromatic nitrogens is 1. The van der Waals surface area contributed by atoms with E-state index in [1.165, 1.54) is 7.11 Å².